The zero-order valence-electron chi connectivity index (χ0n) is 10.8. The summed E-state index contributed by atoms with van der Waals surface area (Å²) in [4.78, 5) is 0. The Hall–Kier alpha value is -0.610. The van der Waals surface area contributed by atoms with E-state index in [2.05, 4.69) is 21.2 Å². The summed E-state index contributed by atoms with van der Waals surface area (Å²) < 4.78 is 14.6. The number of hydrogen-bond acceptors (Lipinski definition) is 1. The number of rotatable bonds is 4. The SMILES string of the molecule is CNC(Cc1cccc(Cl)c1Cl)c1cccc(Br)c1F. The van der Waals surface area contributed by atoms with Crippen LogP contribution in [0.3, 0.4) is 0 Å². The lowest BCUT2D eigenvalue weighted by atomic mass is 9.98. The molecule has 0 bridgehead atoms. The van der Waals surface area contributed by atoms with Gasteiger partial charge < -0.3 is 5.32 Å². The van der Waals surface area contributed by atoms with Gasteiger partial charge in [-0.3, -0.25) is 0 Å². The van der Waals surface area contributed by atoms with Crippen LogP contribution in [0.15, 0.2) is 40.9 Å². The van der Waals surface area contributed by atoms with Gasteiger partial charge in [-0.15, -0.1) is 0 Å². The van der Waals surface area contributed by atoms with Crippen LogP contribution in [0.4, 0.5) is 4.39 Å². The highest BCUT2D eigenvalue weighted by Crippen LogP contribution is 2.31. The smallest absolute Gasteiger partial charge is 0.142 e. The molecule has 20 heavy (non-hydrogen) atoms. The molecule has 1 N–H and O–H groups in total. The van der Waals surface area contributed by atoms with Crippen LogP contribution in [0.5, 0.6) is 0 Å². The molecule has 2 rings (SSSR count). The van der Waals surface area contributed by atoms with Crippen LogP contribution in [0, 0.1) is 5.82 Å². The first kappa shape index (κ1) is 15.8. The molecule has 0 aromatic heterocycles. The predicted molar refractivity (Wildman–Crippen MR) is 86.1 cm³/mol. The van der Waals surface area contributed by atoms with Crippen molar-refractivity contribution in [2.45, 2.75) is 12.5 Å². The maximum absolute atomic E-state index is 14.2. The first-order valence-electron chi connectivity index (χ1n) is 6.08. The minimum Gasteiger partial charge on any atom is -0.313 e. The molecule has 0 aliphatic rings. The van der Waals surface area contributed by atoms with E-state index in [1.807, 2.05) is 18.2 Å². The van der Waals surface area contributed by atoms with Crippen molar-refractivity contribution in [3.8, 4) is 0 Å². The average molecular weight is 377 g/mol. The van der Waals surface area contributed by atoms with Crippen LogP contribution >= 0.6 is 39.1 Å². The van der Waals surface area contributed by atoms with Crippen LogP contribution in [0.25, 0.3) is 0 Å². The highest BCUT2D eigenvalue weighted by Gasteiger charge is 2.18. The summed E-state index contributed by atoms with van der Waals surface area (Å²) in [6.45, 7) is 0. The molecule has 0 saturated carbocycles. The first-order valence-corrected chi connectivity index (χ1v) is 7.63. The lowest BCUT2D eigenvalue weighted by Crippen LogP contribution is -2.20. The second kappa shape index (κ2) is 6.90. The van der Waals surface area contributed by atoms with E-state index < -0.39 is 0 Å². The summed E-state index contributed by atoms with van der Waals surface area (Å²) >= 11 is 15.4. The van der Waals surface area contributed by atoms with E-state index in [0.29, 0.717) is 26.5 Å². The molecule has 1 atom stereocenters. The van der Waals surface area contributed by atoms with Crippen LogP contribution in [0.1, 0.15) is 17.2 Å². The number of hydrogen-bond donors (Lipinski definition) is 1. The van der Waals surface area contributed by atoms with Gasteiger partial charge in [0.15, 0.2) is 0 Å². The molecule has 1 nitrogen and oxygen atoms in total. The summed E-state index contributed by atoms with van der Waals surface area (Å²) in [5, 5.41) is 4.15. The summed E-state index contributed by atoms with van der Waals surface area (Å²) in [7, 11) is 1.80. The molecule has 1 unspecified atom stereocenters. The Morgan fingerprint density at radius 3 is 2.60 bits per heavy atom. The Bertz CT molecular complexity index is 619. The minimum atomic E-state index is -0.259. The van der Waals surface area contributed by atoms with E-state index in [-0.39, 0.29) is 11.9 Å². The van der Waals surface area contributed by atoms with Gasteiger partial charge in [-0.05, 0) is 47.1 Å². The van der Waals surface area contributed by atoms with Crippen molar-refractivity contribution in [3.63, 3.8) is 0 Å². The maximum atomic E-state index is 14.2. The highest BCUT2D eigenvalue weighted by molar-refractivity contribution is 9.10. The number of nitrogens with one attached hydrogen (secondary N) is 1. The molecule has 106 valence electrons. The molecular weight excluding hydrogens is 364 g/mol. The van der Waals surface area contributed by atoms with E-state index >= 15 is 0 Å². The van der Waals surface area contributed by atoms with Crippen molar-refractivity contribution in [1.82, 2.24) is 5.32 Å². The highest BCUT2D eigenvalue weighted by atomic mass is 79.9. The Balaban J connectivity index is 2.34. The zero-order valence-corrected chi connectivity index (χ0v) is 13.9. The summed E-state index contributed by atoms with van der Waals surface area (Å²) in [6.07, 6.45) is 0.559. The Morgan fingerprint density at radius 1 is 1.20 bits per heavy atom. The fourth-order valence-electron chi connectivity index (χ4n) is 2.08. The van der Waals surface area contributed by atoms with Gasteiger partial charge in [0.1, 0.15) is 5.82 Å². The van der Waals surface area contributed by atoms with Gasteiger partial charge in [0.05, 0.1) is 14.5 Å². The molecule has 0 radical (unpaired) electrons. The molecular formula is C15H13BrCl2FN. The second-order valence-electron chi connectivity index (χ2n) is 4.40. The van der Waals surface area contributed by atoms with Gasteiger partial charge in [-0.1, -0.05) is 47.5 Å². The fraction of sp³-hybridized carbons (Fsp3) is 0.200. The van der Waals surface area contributed by atoms with Crippen LogP contribution in [-0.4, -0.2) is 7.05 Å². The molecule has 0 heterocycles. The minimum absolute atomic E-state index is 0.177. The van der Waals surface area contributed by atoms with Crippen molar-refractivity contribution in [3.05, 3.63) is 67.9 Å². The van der Waals surface area contributed by atoms with E-state index in [9.17, 15) is 4.39 Å². The third kappa shape index (κ3) is 3.34. The van der Waals surface area contributed by atoms with Gasteiger partial charge in [-0.2, -0.15) is 0 Å². The molecule has 0 saturated heterocycles. The van der Waals surface area contributed by atoms with Crippen molar-refractivity contribution in [1.29, 1.82) is 0 Å². The van der Waals surface area contributed by atoms with E-state index in [1.54, 1.807) is 25.2 Å². The van der Waals surface area contributed by atoms with Crippen molar-refractivity contribution >= 4 is 39.1 Å². The molecule has 0 aliphatic heterocycles. The number of halogens is 4. The van der Waals surface area contributed by atoms with E-state index in [4.69, 9.17) is 23.2 Å². The van der Waals surface area contributed by atoms with Gasteiger partial charge in [0.2, 0.25) is 0 Å². The summed E-state index contributed by atoms with van der Waals surface area (Å²) in [5.41, 5.74) is 1.48. The predicted octanol–water partition coefficient (Wildman–Crippen LogP) is 5.40. The maximum Gasteiger partial charge on any atom is 0.142 e. The molecule has 0 amide bonds. The Kier molecular flexibility index (Phi) is 5.44. The van der Waals surface area contributed by atoms with E-state index in [1.165, 1.54) is 0 Å². The van der Waals surface area contributed by atoms with Crippen LogP contribution in [-0.2, 0) is 6.42 Å². The third-order valence-electron chi connectivity index (χ3n) is 3.16. The summed E-state index contributed by atoms with van der Waals surface area (Å²) in [6, 6.07) is 10.6. The van der Waals surface area contributed by atoms with Crippen LogP contribution < -0.4 is 5.32 Å². The molecule has 0 spiro atoms. The van der Waals surface area contributed by atoms with Gasteiger partial charge in [-0.25, -0.2) is 4.39 Å². The molecule has 0 aliphatic carbocycles. The molecule has 2 aromatic carbocycles. The van der Waals surface area contributed by atoms with E-state index in [0.717, 1.165) is 5.56 Å². The number of likely N-dealkylation sites (N-methyl/N-ethyl adjacent to an activating group) is 1. The topological polar surface area (TPSA) is 12.0 Å². The van der Waals surface area contributed by atoms with Crippen molar-refractivity contribution < 1.29 is 4.39 Å². The fourth-order valence-corrected chi connectivity index (χ4v) is 2.86. The zero-order chi connectivity index (χ0) is 14.7. The quantitative estimate of drug-likeness (QED) is 0.753. The van der Waals surface area contributed by atoms with Crippen LogP contribution in [0.2, 0.25) is 10.0 Å². The lowest BCUT2D eigenvalue weighted by molar-refractivity contribution is 0.531. The second-order valence-corrected chi connectivity index (χ2v) is 6.04. The van der Waals surface area contributed by atoms with Gasteiger partial charge in [0.25, 0.3) is 0 Å². The van der Waals surface area contributed by atoms with Crippen molar-refractivity contribution in [2.24, 2.45) is 0 Å². The van der Waals surface area contributed by atoms with Gasteiger partial charge >= 0.3 is 0 Å². The van der Waals surface area contributed by atoms with Crippen molar-refractivity contribution in [2.75, 3.05) is 7.05 Å². The first-order chi connectivity index (χ1) is 9.54. The summed E-state index contributed by atoms with van der Waals surface area (Å²) in [5.74, 6) is -0.259. The lowest BCUT2D eigenvalue weighted by Gasteiger charge is -2.19. The Labute approximate surface area is 136 Å². The third-order valence-corrected chi connectivity index (χ3v) is 4.63. The normalized spacial score (nSPS) is 12.4. The molecule has 0 fully saturated rings. The molecule has 2 aromatic rings. The standard InChI is InChI=1S/C15H13BrCl2FN/c1-20-13(10-5-3-6-11(16)15(10)19)8-9-4-2-7-12(17)14(9)18/h2-7,13,20H,8H2,1H3. The largest absolute Gasteiger partial charge is 0.313 e. The average Bonchev–Trinajstić information content (AvgIpc) is 2.44. The number of benzene rings is 2. The Morgan fingerprint density at radius 2 is 1.90 bits per heavy atom. The molecule has 5 heteroatoms. The van der Waals surface area contributed by atoms with Gasteiger partial charge in [0, 0.05) is 11.6 Å². The monoisotopic (exact) mass is 375 g/mol.